The van der Waals surface area contributed by atoms with Gasteiger partial charge >= 0.3 is 0 Å². The van der Waals surface area contributed by atoms with Crippen molar-refractivity contribution in [2.24, 2.45) is 0 Å². The van der Waals surface area contributed by atoms with Crippen molar-refractivity contribution in [1.82, 2.24) is 25.2 Å². The lowest BCUT2D eigenvalue weighted by Crippen LogP contribution is -2.36. The molecule has 1 amide bonds. The Kier molecular flexibility index (Phi) is 6.65. The average molecular weight is 375 g/mol. The Hall–Kier alpha value is -1.90. The number of likely N-dealkylation sites (tertiary alicyclic amines) is 1. The number of aliphatic hydroxyl groups is 1. The predicted molar refractivity (Wildman–Crippen MR) is 101 cm³/mol. The number of thioether (sulfide) groups is 1. The summed E-state index contributed by atoms with van der Waals surface area (Å²) in [6, 6.07) is 8.93. The first-order valence-electron chi connectivity index (χ1n) is 8.86. The minimum absolute atomic E-state index is 0.0879. The summed E-state index contributed by atoms with van der Waals surface area (Å²) in [5.41, 5.74) is 1.61. The fraction of sp³-hybridized carbons (Fsp3) is 0.500. The summed E-state index contributed by atoms with van der Waals surface area (Å²) < 4.78 is 1.80. The second-order valence-electron chi connectivity index (χ2n) is 6.44. The second-order valence-corrected chi connectivity index (χ2v) is 7.32. The van der Waals surface area contributed by atoms with Gasteiger partial charge in [0, 0.05) is 24.5 Å². The highest BCUT2D eigenvalue weighted by Gasteiger charge is 2.23. The number of benzene rings is 1. The maximum absolute atomic E-state index is 11.9. The minimum atomic E-state index is -0.299. The number of aliphatic hydroxyl groups excluding tert-OH is 1. The van der Waals surface area contributed by atoms with E-state index in [0.29, 0.717) is 5.69 Å². The van der Waals surface area contributed by atoms with Crippen LogP contribution >= 0.6 is 11.8 Å². The number of hydrogen-bond acceptors (Lipinski definition) is 6. The molecule has 140 valence electrons. The molecule has 1 aromatic heterocycles. The van der Waals surface area contributed by atoms with E-state index in [1.165, 1.54) is 10.5 Å². The van der Waals surface area contributed by atoms with E-state index in [1.807, 2.05) is 0 Å². The zero-order valence-corrected chi connectivity index (χ0v) is 15.8. The van der Waals surface area contributed by atoms with Crippen molar-refractivity contribution in [1.29, 1.82) is 0 Å². The molecular weight excluding hydrogens is 350 g/mol. The molecule has 0 aliphatic carbocycles. The highest BCUT2D eigenvalue weighted by Crippen LogP contribution is 2.23. The van der Waals surface area contributed by atoms with Crippen LogP contribution in [0.15, 0.2) is 35.4 Å². The maximum atomic E-state index is 11.9. The summed E-state index contributed by atoms with van der Waals surface area (Å²) in [7, 11) is 0. The van der Waals surface area contributed by atoms with Crippen molar-refractivity contribution in [3.8, 4) is 0 Å². The molecule has 0 spiro atoms. The smallest absolute Gasteiger partial charge is 0.273 e. The number of rotatable bonds is 7. The molecule has 1 saturated heterocycles. The molecule has 0 saturated carbocycles. The minimum Gasteiger partial charge on any atom is -0.395 e. The van der Waals surface area contributed by atoms with Gasteiger partial charge in [-0.1, -0.05) is 17.3 Å². The van der Waals surface area contributed by atoms with Crippen LogP contribution in [0.2, 0.25) is 0 Å². The van der Waals surface area contributed by atoms with Gasteiger partial charge in [-0.15, -0.1) is 16.9 Å². The van der Waals surface area contributed by atoms with Crippen molar-refractivity contribution in [2.45, 2.75) is 30.3 Å². The third kappa shape index (κ3) is 4.84. The molecule has 0 unspecified atom stereocenters. The number of piperidine rings is 1. The molecule has 1 aliphatic heterocycles. The Morgan fingerprint density at radius 1 is 1.38 bits per heavy atom. The largest absolute Gasteiger partial charge is 0.395 e. The number of carbonyl (C=O) groups is 1. The van der Waals surface area contributed by atoms with Crippen molar-refractivity contribution in [2.75, 3.05) is 32.5 Å². The third-order valence-electron chi connectivity index (χ3n) is 4.56. The fourth-order valence-electron chi connectivity index (χ4n) is 3.20. The number of carbonyl (C=O) groups excluding carboxylic acids is 1. The number of amides is 1. The lowest BCUT2D eigenvalue weighted by molar-refractivity contribution is 0.0939. The summed E-state index contributed by atoms with van der Waals surface area (Å²) in [4.78, 5) is 15.6. The monoisotopic (exact) mass is 375 g/mol. The van der Waals surface area contributed by atoms with Gasteiger partial charge in [0.15, 0.2) is 5.69 Å². The van der Waals surface area contributed by atoms with Crippen LogP contribution in [-0.4, -0.2) is 63.4 Å². The molecule has 2 heterocycles. The molecule has 26 heavy (non-hydrogen) atoms. The van der Waals surface area contributed by atoms with Crippen LogP contribution in [0.5, 0.6) is 0 Å². The number of nitrogens with zero attached hydrogens (tertiary/aromatic N) is 4. The average Bonchev–Trinajstić information content (AvgIpc) is 3.17. The van der Waals surface area contributed by atoms with Crippen LogP contribution in [0, 0.1) is 0 Å². The summed E-state index contributed by atoms with van der Waals surface area (Å²) >= 11 is 1.75. The van der Waals surface area contributed by atoms with Gasteiger partial charge in [-0.05, 0) is 43.3 Å². The molecular formula is C18H25N5O2S. The van der Waals surface area contributed by atoms with E-state index in [2.05, 4.69) is 51.1 Å². The quantitative estimate of drug-likeness (QED) is 0.715. The Morgan fingerprint density at radius 3 is 2.92 bits per heavy atom. The van der Waals surface area contributed by atoms with E-state index < -0.39 is 0 Å². The van der Waals surface area contributed by atoms with Gasteiger partial charge in [-0.2, -0.15) is 0 Å². The van der Waals surface area contributed by atoms with Gasteiger partial charge in [0.1, 0.15) is 0 Å². The van der Waals surface area contributed by atoms with Crippen molar-refractivity contribution >= 4 is 17.7 Å². The van der Waals surface area contributed by atoms with Gasteiger partial charge < -0.3 is 10.4 Å². The Labute approximate surface area is 157 Å². The van der Waals surface area contributed by atoms with Gasteiger partial charge in [0.05, 0.1) is 18.8 Å². The van der Waals surface area contributed by atoms with Crippen LogP contribution in [0.1, 0.15) is 34.9 Å². The van der Waals surface area contributed by atoms with E-state index in [0.717, 1.165) is 32.5 Å². The Bertz CT molecular complexity index is 719. The van der Waals surface area contributed by atoms with Crippen molar-refractivity contribution < 1.29 is 9.90 Å². The maximum Gasteiger partial charge on any atom is 0.273 e. The standard InChI is InChI=1S/C18H25N5O2S/c1-26-16-6-4-14(5-7-16)11-22-9-2-3-15(12-22)23-13-17(20-21-23)18(25)19-8-10-24/h4-7,13,15,24H,2-3,8-12H2,1H3,(H,19,25)/t15-/m0/s1. The van der Waals surface area contributed by atoms with Gasteiger partial charge in [-0.3, -0.25) is 9.69 Å². The van der Waals surface area contributed by atoms with Crippen molar-refractivity contribution in [3.05, 3.63) is 41.7 Å². The van der Waals surface area contributed by atoms with Gasteiger partial charge in [0.2, 0.25) is 0 Å². The normalized spacial score (nSPS) is 18.0. The van der Waals surface area contributed by atoms with Crippen molar-refractivity contribution in [3.63, 3.8) is 0 Å². The molecule has 1 fully saturated rings. The molecule has 7 nitrogen and oxygen atoms in total. The molecule has 8 heteroatoms. The number of aromatic nitrogens is 3. The van der Waals surface area contributed by atoms with Crippen LogP contribution in [-0.2, 0) is 6.54 Å². The Balaban J connectivity index is 1.59. The zero-order valence-electron chi connectivity index (χ0n) is 15.0. The van der Waals surface area contributed by atoms with E-state index >= 15 is 0 Å². The summed E-state index contributed by atoms with van der Waals surface area (Å²) in [6.07, 6.45) is 5.91. The SMILES string of the molecule is CSc1ccc(CN2CCC[C@H](n3cc(C(=O)NCCO)nn3)C2)cc1. The predicted octanol–water partition coefficient (Wildman–Crippen LogP) is 1.56. The first kappa shape index (κ1) is 18.9. The topological polar surface area (TPSA) is 83.3 Å². The summed E-state index contributed by atoms with van der Waals surface area (Å²) in [5, 5.41) is 19.5. The van der Waals surface area contributed by atoms with Crippen LogP contribution in [0.4, 0.5) is 0 Å². The summed E-state index contributed by atoms with van der Waals surface area (Å²) in [6.45, 7) is 3.02. The van der Waals surface area contributed by atoms with Crippen LogP contribution in [0.3, 0.4) is 0 Å². The van der Waals surface area contributed by atoms with Crippen LogP contribution < -0.4 is 5.32 Å². The van der Waals surface area contributed by atoms with Gasteiger partial charge in [0.25, 0.3) is 5.91 Å². The number of hydrogen-bond donors (Lipinski definition) is 2. The molecule has 0 radical (unpaired) electrons. The fourth-order valence-corrected chi connectivity index (χ4v) is 3.61. The molecule has 1 aromatic carbocycles. The Morgan fingerprint density at radius 2 is 2.19 bits per heavy atom. The van der Waals surface area contributed by atoms with Gasteiger partial charge in [-0.25, -0.2) is 4.68 Å². The first-order chi connectivity index (χ1) is 12.7. The second kappa shape index (κ2) is 9.16. The highest BCUT2D eigenvalue weighted by atomic mass is 32.2. The lowest BCUT2D eigenvalue weighted by atomic mass is 10.0. The molecule has 3 rings (SSSR count). The molecule has 1 aliphatic rings. The number of nitrogens with one attached hydrogen (secondary N) is 1. The van der Waals surface area contributed by atoms with E-state index in [1.54, 1.807) is 22.6 Å². The first-order valence-corrected chi connectivity index (χ1v) is 10.1. The van der Waals surface area contributed by atoms with E-state index in [9.17, 15) is 4.79 Å². The molecule has 0 bridgehead atoms. The molecule has 2 N–H and O–H groups in total. The molecule has 1 atom stereocenters. The summed E-state index contributed by atoms with van der Waals surface area (Å²) in [5.74, 6) is -0.299. The van der Waals surface area contributed by atoms with E-state index in [4.69, 9.17) is 5.11 Å². The third-order valence-corrected chi connectivity index (χ3v) is 5.30. The van der Waals surface area contributed by atoms with E-state index in [-0.39, 0.29) is 25.1 Å². The van der Waals surface area contributed by atoms with Crippen LogP contribution in [0.25, 0.3) is 0 Å². The lowest BCUT2D eigenvalue weighted by Gasteiger charge is -2.32. The zero-order chi connectivity index (χ0) is 18.4. The highest BCUT2D eigenvalue weighted by molar-refractivity contribution is 7.98. The molecule has 2 aromatic rings.